The quantitative estimate of drug-likeness (QED) is 0.532. The second-order valence-electron chi connectivity index (χ2n) is 6.60. The molecule has 3 rings (SSSR count). The molecule has 0 radical (unpaired) electrons. The SMILES string of the molecule is Cc1c(CN(C)C(=O)c2ccc(B(O)O)c(C=O)c2)oc2c(C)cccc12. The van der Waals surface area contributed by atoms with Gasteiger partial charge in [0.25, 0.3) is 5.91 Å². The molecule has 2 aromatic carbocycles. The van der Waals surface area contributed by atoms with E-state index < -0.39 is 7.12 Å². The average molecular weight is 365 g/mol. The van der Waals surface area contributed by atoms with Gasteiger partial charge in [-0.05, 0) is 37.0 Å². The van der Waals surface area contributed by atoms with Crippen molar-refractivity contribution in [3.63, 3.8) is 0 Å². The Kier molecular flexibility index (Phi) is 5.16. The Balaban J connectivity index is 1.87. The molecule has 7 heteroatoms. The Labute approximate surface area is 157 Å². The molecule has 6 nitrogen and oxygen atoms in total. The van der Waals surface area contributed by atoms with Crippen molar-refractivity contribution in [2.45, 2.75) is 20.4 Å². The molecule has 0 aliphatic rings. The van der Waals surface area contributed by atoms with Gasteiger partial charge in [0.1, 0.15) is 17.6 Å². The van der Waals surface area contributed by atoms with Gasteiger partial charge in [0.15, 0.2) is 0 Å². The summed E-state index contributed by atoms with van der Waals surface area (Å²) < 4.78 is 5.97. The zero-order valence-corrected chi connectivity index (χ0v) is 15.4. The fourth-order valence-electron chi connectivity index (χ4n) is 3.14. The van der Waals surface area contributed by atoms with Crippen LogP contribution in [0.1, 0.15) is 37.6 Å². The molecule has 0 spiro atoms. The molecule has 2 N–H and O–H groups in total. The van der Waals surface area contributed by atoms with Crippen molar-refractivity contribution in [2.24, 2.45) is 0 Å². The van der Waals surface area contributed by atoms with Crippen molar-refractivity contribution in [3.8, 4) is 0 Å². The van der Waals surface area contributed by atoms with Gasteiger partial charge in [-0.15, -0.1) is 0 Å². The molecule has 138 valence electrons. The maximum atomic E-state index is 12.7. The van der Waals surface area contributed by atoms with Crippen molar-refractivity contribution < 1.29 is 24.1 Å². The Bertz CT molecular complexity index is 1020. The van der Waals surface area contributed by atoms with E-state index in [0.717, 1.165) is 22.1 Å². The molecule has 0 aliphatic heterocycles. The number of benzene rings is 2. The standard InChI is InChI=1S/C20H20BNO5/c1-12-5-4-6-16-13(2)18(27-19(12)16)10-22(3)20(24)14-7-8-17(21(25)26)15(9-14)11-23/h4-9,11,25-26H,10H2,1-3H3. The Hall–Kier alpha value is -2.90. The van der Waals surface area contributed by atoms with Gasteiger partial charge in [0, 0.05) is 29.1 Å². The van der Waals surface area contributed by atoms with Crippen molar-refractivity contribution in [1.29, 1.82) is 0 Å². The molecule has 1 amide bonds. The largest absolute Gasteiger partial charge is 0.489 e. The van der Waals surface area contributed by atoms with Gasteiger partial charge in [-0.3, -0.25) is 9.59 Å². The van der Waals surface area contributed by atoms with Crippen molar-refractivity contribution in [3.05, 3.63) is 64.4 Å². The molecule has 1 heterocycles. The highest BCUT2D eigenvalue weighted by Crippen LogP contribution is 2.28. The van der Waals surface area contributed by atoms with Gasteiger partial charge in [-0.2, -0.15) is 0 Å². The van der Waals surface area contributed by atoms with Crippen LogP contribution in [-0.2, 0) is 6.54 Å². The molecule has 0 unspecified atom stereocenters. The number of fused-ring (bicyclic) bond motifs is 1. The number of hydrogen-bond donors (Lipinski definition) is 2. The van der Waals surface area contributed by atoms with E-state index in [0.29, 0.717) is 12.0 Å². The number of aryl methyl sites for hydroxylation is 2. The summed E-state index contributed by atoms with van der Waals surface area (Å²) in [5, 5.41) is 19.6. The number of rotatable bonds is 5. The fourth-order valence-corrected chi connectivity index (χ4v) is 3.14. The molecular formula is C20H20BNO5. The number of carbonyl (C=O) groups excluding carboxylic acids is 2. The first kappa shape index (κ1) is 18.9. The van der Waals surface area contributed by atoms with Gasteiger partial charge in [0.2, 0.25) is 0 Å². The summed E-state index contributed by atoms with van der Waals surface area (Å²) >= 11 is 0. The monoisotopic (exact) mass is 365 g/mol. The molecule has 1 aromatic heterocycles. The zero-order valence-electron chi connectivity index (χ0n) is 15.4. The minimum atomic E-state index is -1.77. The van der Waals surface area contributed by atoms with Gasteiger partial charge < -0.3 is 19.4 Å². The Morgan fingerprint density at radius 1 is 1.22 bits per heavy atom. The van der Waals surface area contributed by atoms with E-state index in [1.165, 1.54) is 23.1 Å². The van der Waals surface area contributed by atoms with Crippen LogP contribution in [0.5, 0.6) is 0 Å². The number of amides is 1. The highest BCUT2D eigenvalue weighted by Gasteiger charge is 2.21. The predicted molar refractivity (Wildman–Crippen MR) is 103 cm³/mol. The lowest BCUT2D eigenvalue weighted by molar-refractivity contribution is 0.0776. The molecule has 0 bridgehead atoms. The summed E-state index contributed by atoms with van der Waals surface area (Å²) in [4.78, 5) is 25.4. The summed E-state index contributed by atoms with van der Waals surface area (Å²) in [5.41, 5.74) is 3.25. The Morgan fingerprint density at radius 3 is 2.59 bits per heavy atom. The molecule has 0 aliphatic carbocycles. The summed E-state index contributed by atoms with van der Waals surface area (Å²) in [5.74, 6) is 0.404. The lowest BCUT2D eigenvalue weighted by Gasteiger charge is -2.17. The number of para-hydroxylation sites is 1. The van der Waals surface area contributed by atoms with E-state index in [1.807, 2.05) is 32.0 Å². The van der Waals surface area contributed by atoms with E-state index in [1.54, 1.807) is 7.05 Å². The maximum Gasteiger partial charge on any atom is 0.489 e. The number of furan rings is 1. The van der Waals surface area contributed by atoms with Crippen LogP contribution in [0.15, 0.2) is 40.8 Å². The van der Waals surface area contributed by atoms with Crippen LogP contribution in [0.2, 0.25) is 0 Å². The van der Waals surface area contributed by atoms with E-state index in [9.17, 15) is 19.6 Å². The molecule has 0 saturated carbocycles. The second kappa shape index (κ2) is 7.38. The summed E-state index contributed by atoms with van der Waals surface area (Å²) in [7, 11) is -0.120. The molecule has 3 aromatic rings. The summed E-state index contributed by atoms with van der Waals surface area (Å²) in [6.45, 7) is 4.21. The van der Waals surface area contributed by atoms with Crippen molar-refractivity contribution in [2.75, 3.05) is 7.05 Å². The van der Waals surface area contributed by atoms with Crippen LogP contribution >= 0.6 is 0 Å². The summed E-state index contributed by atoms with van der Waals surface area (Å²) in [6.07, 6.45) is 0.498. The molecule has 27 heavy (non-hydrogen) atoms. The molecule has 0 saturated heterocycles. The first-order chi connectivity index (χ1) is 12.8. The minimum Gasteiger partial charge on any atom is -0.459 e. The van der Waals surface area contributed by atoms with Crippen LogP contribution in [0.25, 0.3) is 11.0 Å². The van der Waals surface area contributed by atoms with Gasteiger partial charge in [-0.1, -0.05) is 24.3 Å². The third-order valence-electron chi connectivity index (χ3n) is 4.73. The first-order valence-electron chi connectivity index (χ1n) is 8.51. The van der Waals surface area contributed by atoms with E-state index in [2.05, 4.69) is 0 Å². The van der Waals surface area contributed by atoms with Gasteiger partial charge in [0.05, 0.1) is 6.54 Å². The lowest BCUT2D eigenvalue weighted by Crippen LogP contribution is -2.34. The Morgan fingerprint density at radius 2 is 1.96 bits per heavy atom. The van der Waals surface area contributed by atoms with E-state index >= 15 is 0 Å². The maximum absolute atomic E-state index is 12.7. The molecule has 0 atom stereocenters. The first-order valence-corrected chi connectivity index (χ1v) is 8.51. The van der Waals surface area contributed by atoms with E-state index in [-0.39, 0.29) is 29.0 Å². The normalized spacial score (nSPS) is 10.9. The number of carbonyl (C=O) groups is 2. The van der Waals surface area contributed by atoms with Crippen LogP contribution in [0, 0.1) is 13.8 Å². The second-order valence-corrected chi connectivity index (χ2v) is 6.60. The average Bonchev–Trinajstić information content (AvgIpc) is 2.97. The molecular weight excluding hydrogens is 345 g/mol. The minimum absolute atomic E-state index is 0.0628. The predicted octanol–water partition coefficient (Wildman–Crippen LogP) is 1.81. The number of aldehydes is 1. The van der Waals surface area contributed by atoms with Gasteiger partial charge in [-0.25, -0.2) is 0 Å². The van der Waals surface area contributed by atoms with E-state index in [4.69, 9.17) is 4.42 Å². The van der Waals surface area contributed by atoms with Crippen LogP contribution in [0.4, 0.5) is 0 Å². The highest BCUT2D eigenvalue weighted by molar-refractivity contribution is 6.60. The number of nitrogens with zero attached hydrogens (tertiary/aromatic N) is 1. The van der Waals surface area contributed by atoms with Crippen LogP contribution in [0.3, 0.4) is 0 Å². The lowest BCUT2D eigenvalue weighted by atomic mass is 9.77. The summed E-state index contributed by atoms with van der Waals surface area (Å²) in [6, 6.07) is 10.1. The van der Waals surface area contributed by atoms with Crippen LogP contribution in [-0.4, -0.2) is 41.3 Å². The number of hydrogen-bond acceptors (Lipinski definition) is 5. The van der Waals surface area contributed by atoms with Crippen molar-refractivity contribution >= 4 is 35.7 Å². The highest BCUT2D eigenvalue weighted by atomic mass is 16.4. The smallest absolute Gasteiger partial charge is 0.459 e. The third-order valence-corrected chi connectivity index (χ3v) is 4.73. The van der Waals surface area contributed by atoms with Crippen molar-refractivity contribution in [1.82, 2.24) is 4.90 Å². The fraction of sp³-hybridized carbons (Fsp3) is 0.200. The zero-order chi connectivity index (χ0) is 19.7. The van der Waals surface area contributed by atoms with Gasteiger partial charge >= 0.3 is 7.12 Å². The third kappa shape index (κ3) is 3.52. The topological polar surface area (TPSA) is 91.0 Å². The van der Waals surface area contributed by atoms with Crippen LogP contribution < -0.4 is 5.46 Å². The molecule has 0 fully saturated rings.